The standard InChI is InChI=1S/C13H26N2O3/c1-13(2,3)18-12(17)15-7-4-5-10(9-15)11(14)6-8-16/h10-11,16H,4-9,14H2,1-3H3/t10-,11-/m1/s1. The summed E-state index contributed by atoms with van der Waals surface area (Å²) in [6.45, 7) is 7.06. The third-order valence-electron chi connectivity index (χ3n) is 3.18. The zero-order valence-electron chi connectivity index (χ0n) is 11.7. The lowest BCUT2D eigenvalue weighted by Crippen LogP contribution is -2.47. The van der Waals surface area contributed by atoms with Crippen molar-refractivity contribution in [2.24, 2.45) is 11.7 Å². The molecule has 0 aliphatic carbocycles. The van der Waals surface area contributed by atoms with Crippen molar-refractivity contribution in [3.63, 3.8) is 0 Å². The molecular weight excluding hydrogens is 232 g/mol. The third-order valence-corrected chi connectivity index (χ3v) is 3.18. The van der Waals surface area contributed by atoms with Crippen LogP contribution in [-0.2, 0) is 4.74 Å². The minimum atomic E-state index is -0.461. The van der Waals surface area contributed by atoms with E-state index in [1.807, 2.05) is 20.8 Å². The smallest absolute Gasteiger partial charge is 0.410 e. The Labute approximate surface area is 109 Å². The fraction of sp³-hybridized carbons (Fsp3) is 0.923. The van der Waals surface area contributed by atoms with E-state index in [1.165, 1.54) is 0 Å². The zero-order valence-corrected chi connectivity index (χ0v) is 11.7. The van der Waals surface area contributed by atoms with E-state index in [2.05, 4.69) is 0 Å². The summed E-state index contributed by atoms with van der Waals surface area (Å²) in [5, 5.41) is 8.91. The molecule has 1 amide bonds. The van der Waals surface area contributed by atoms with Gasteiger partial charge in [0.25, 0.3) is 0 Å². The van der Waals surface area contributed by atoms with Gasteiger partial charge in [-0.2, -0.15) is 0 Å². The van der Waals surface area contributed by atoms with Gasteiger partial charge >= 0.3 is 6.09 Å². The molecule has 1 aliphatic rings. The van der Waals surface area contributed by atoms with Crippen LogP contribution in [0.15, 0.2) is 0 Å². The second-order valence-corrected chi connectivity index (χ2v) is 6.00. The molecule has 0 radical (unpaired) electrons. The summed E-state index contributed by atoms with van der Waals surface area (Å²) in [6.07, 6.45) is 2.29. The number of rotatable bonds is 3. The number of hydrogen-bond donors (Lipinski definition) is 2. The Morgan fingerprint density at radius 1 is 1.56 bits per heavy atom. The molecule has 2 atom stereocenters. The zero-order chi connectivity index (χ0) is 13.8. The summed E-state index contributed by atoms with van der Waals surface area (Å²) in [7, 11) is 0. The van der Waals surface area contributed by atoms with Gasteiger partial charge in [0.15, 0.2) is 0 Å². The fourth-order valence-corrected chi connectivity index (χ4v) is 2.24. The van der Waals surface area contributed by atoms with Crippen LogP contribution in [0.3, 0.4) is 0 Å². The quantitative estimate of drug-likeness (QED) is 0.801. The predicted octanol–water partition coefficient (Wildman–Crippen LogP) is 1.34. The molecule has 18 heavy (non-hydrogen) atoms. The molecular formula is C13H26N2O3. The first-order valence-corrected chi connectivity index (χ1v) is 6.68. The summed E-state index contributed by atoms with van der Waals surface area (Å²) in [4.78, 5) is 13.7. The van der Waals surface area contributed by atoms with Gasteiger partial charge in [-0.25, -0.2) is 4.79 Å². The maximum Gasteiger partial charge on any atom is 0.410 e. The number of carbonyl (C=O) groups is 1. The highest BCUT2D eigenvalue weighted by atomic mass is 16.6. The molecule has 106 valence electrons. The molecule has 0 bridgehead atoms. The van der Waals surface area contributed by atoms with E-state index in [-0.39, 0.29) is 24.7 Å². The maximum absolute atomic E-state index is 12.0. The largest absolute Gasteiger partial charge is 0.444 e. The first-order chi connectivity index (χ1) is 8.33. The van der Waals surface area contributed by atoms with Gasteiger partial charge in [0.1, 0.15) is 5.60 Å². The van der Waals surface area contributed by atoms with Gasteiger partial charge in [0.2, 0.25) is 0 Å². The van der Waals surface area contributed by atoms with E-state index < -0.39 is 5.60 Å². The second kappa shape index (κ2) is 6.38. The van der Waals surface area contributed by atoms with Crippen molar-refractivity contribution in [2.75, 3.05) is 19.7 Å². The van der Waals surface area contributed by atoms with Gasteiger partial charge in [-0.15, -0.1) is 0 Å². The molecule has 5 nitrogen and oxygen atoms in total. The number of carbonyl (C=O) groups excluding carboxylic acids is 1. The van der Waals surface area contributed by atoms with Crippen LogP contribution in [0, 0.1) is 5.92 Å². The summed E-state index contributed by atoms with van der Waals surface area (Å²) in [6, 6.07) is -0.0414. The van der Waals surface area contributed by atoms with Crippen LogP contribution >= 0.6 is 0 Å². The molecule has 5 heteroatoms. The van der Waals surface area contributed by atoms with Gasteiger partial charge in [0.05, 0.1) is 0 Å². The van der Waals surface area contributed by atoms with Crippen LogP contribution in [0.4, 0.5) is 4.79 Å². The second-order valence-electron chi connectivity index (χ2n) is 6.00. The lowest BCUT2D eigenvalue weighted by Gasteiger charge is -2.36. The lowest BCUT2D eigenvalue weighted by molar-refractivity contribution is 0.0148. The van der Waals surface area contributed by atoms with Crippen molar-refractivity contribution in [1.82, 2.24) is 4.90 Å². The maximum atomic E-state index is 12.0. The topological polar surface area (TPSA) is 75.8 Å². The molecule has 1 heterocycles. The first kappa shape index (κ1) is 15.2. The molecule has 0 spiro atoms. The predicted molar refractivity (Wildman–Crippen MR) is 70.2 cm³/mol. The van der Waals surface area contributed by atoms with Gasteiger partial charge in [-0.1, -0.05) is 0 Å². The van der Waals surface area contributed by atoms with Crippen molar-refractivity contribution in [3.8, 4) is 0 Å². The van der Waals surface area contributed by atoms with E-state index >= 15 is 0 Å². The Kier molecular flexibility index (Phi) is 5.41. The van der Waals surface area contributed by atoms with E-state index in [4.69, 9.17) is 15.6 Å². The summed E-state index contributed by atoms with van der Waals surface area (Å²) in [5.74, 6) is 0.262. The number of nitrogens with two attached hydrogens (primary N) is 1. The number of nitrogens with zero attached hydrogens (tertiary/aromatic N) is 1. The molecule has 1 fully saturated rings. The molecule has 1 saturated heterocycles. The van der Waals surface area contributed by atoms with Crippen molar-refractivity contribution in [3.05, 3.63) is 0 Å². The van der Waals surface area contributed by atoms with Gasteiger partial charge in [-0.3, -0.25) is 0 Å². The number of amides is 1. The molecule has 0 aromatic carbocycles. The molecule has 1 aliphatic heterocycles. The highest BCUT2D eigenvalue weighted by molar-refractivity contribution is 5.68. The van der Waals surface area contributed by atoms with Crippen molar-refractivity contribution in [2.45, 2.75) is 51.7 Å². The number of likely N-dealkylation sites (tertiary alicyclic amines) is 1. The molecule has 0 saturated carbocycles. The van der Waals surface area contributed by atoms with Gasteiger partial charge in [0, 0.05) is 25.7 Å². The van der Waals surface area contributed by atoms with Crippen molar-refractivity contribution in [1.29, 1.82) is 0 Å². The van der Waals surface area contributed by atoms with E-state index in [9.17, 15) is 4.79 Å². The monoisotopic (exact) mass is 258 g/mol. The van der Waals surface area contributed by atoms with Crippen LogP contribution in [0.5, 0.6) is 0 Å². The van der Waals surface area contributed by atoms with Gasteiger partial charge in [-0.05, 0) is 46.0 Å². The first-order valence-electron chi connectivity index (χ1n) is 6.68. The summed E-state index contributed by atoms with van der Waals surface area (Å²) < 4.78 is 5.36. The van der Waals surface area contributed by atoms with Crippen molar-refractivity contribution >= 4 is 6.09 Å². The van der Waals surface area contributed by atoms with Crippen LogP contribution in [-0.4, -0.2) is 47.4 Å². The fourth-order valence-electron chi connectivity index (χ4n) is 2.24. The number of aliphatic hydroxyl groups excluding tert-OH is 1. The Morgan fingerprint density at radius 2 is 2.22 bits per heavy atom. The highest BCUT2D eigenvalue weighted by Crippen LogP contribution is 2.22. The van der Waals surface area contributed by atoms with Crippen LogP contribution < -0.4 is 5.73 Å². The lowest BCUT2D eigenvalue weighted by atomic mass is 9.90. The molecule has 0 aromatic heterocycles. The average Bonchev–Trinajstić information content (AvgIpc) is 2.27. The van der Waals surface area contributed by atoms with Crippen LogP contribution in [0.2, 0.25) is 0 Å². The Hall–Kier alpha value is -0.810. The molecule has 0 unspecified atom stereocenters. The number of aliphatic hydroxyl groups is 1. The van der Waals surface area contributed by atoms with E-state index in [0.29, 0.717) is 13.0 Å². The normalized spacial score (nSPS) is 22.7. The van der Waals surface area contributed by atoms with Crippen LogP contribution in [0.25, 0.3) is 0 Å². The van der Waals surface area contributed by atoms with Crippen LogP contribution in [0.1, 0.15) is 40.0 Å². The Morgan fingerprint density at radius 3 is 2.78 bits per heavy atom. The molecule has 1 rings (SSSR count). The number of ether oxygens (including phenoxy) is 1. The Bertz CT molecular complexity index is 276. The van der Waals surface area contributed by atoms with E-state index in [0.717, 1.165) is 19.4 Å². The summed E-state index contributed by atoms with van der Waals surface area (Å²) >= 11 is 0. The Balaban J connectivity index is 2.50. The average molecular weight is 258 g/mol. The minimum absolute atomic E-state index is 0.0414. The number of piperidine rings is 1. The van der Waals surface area contributed by atoms with Crippen molar-refractivity contribution < 1.29 is 14.6 Å². The highest BCUT2D eigenvalue weighted by Gasteiger charge is 2.30. The SMILES string of the molecule is CC(C)(C)OC(=O)N1CCC[C@@H]([C@H](N)CCO)C1. The summed E-state index contributed by atoms with van der Waals surface area (Å²) in [5.41, 5.74) is 5.55. The van der Waals surface area contributed by atoms with Gasteiger partial charge < -0.3 is 20.5 Å². The van der Waals surface area contributed by atoms with E-state index in [1.54, 1.807) is 4.90 Å². The molecule has 0 aromatic rings. The number of hydrogen-bond acceptors (Lipinski definition) is 4. The minimum Gasteiger partial charge on any atom is -0.444 e. The molecule has 3 N–H and O–H groups in total. The third kappa shape index (κ3) is 4.82.